The monoisotopic (exact) mass is 474 g/mol. The lowest BCUT2D eigenvalue weighted by Gasteiger charge is -2.28. The second-order valence-corrected chi connectivity index (χ2v) is 8.19. The summed E-state index contributed by atoms with van der Waals surface area (Å²) in [5.74, 6) is -2.03. The molecule has 2 amide bonds. The summed E-state index contributed by atoms with van der Waals surface area (Å²) in [6.45, 7) is 8.57. The highest BCUT2D eigenvalue weighted by Crippen LogP contribution is 2.26. The Labute approximate surface area is 192 Å². The van der Waals surface area contributed by atoms with Crippen molar-refractivity contribution < 1.29 is 48.3 Å². The zero-order valence-electron chi connectivity index (χ0n) is 19.6. The van der Waals surface area contributed by atoms with Crippen LogP contribution in [0.4, 0.5) is 9.59 Å². The summed E-state index contributed by atoms with van der Waals surface area (Å²) in [5, 5.41) is 22.5. The number of carbonyl (C=O) groups is 4. The molecule has 0 rings (SSSR count). The summed E-state index contributed by atoms with van der Waals surface area (Å²) in [5.41, 5.74) is -0.287. The van der Waals surface area contributed by atoms with E-state index >= 15 is 0 Å². The number of amides is 2. The minimum atomic E-state index is -1.13. The molecule has 188 valence electrons. The van der Waals surface area contributed by atoms with Gasteiger partial charge < -0.3 is 39.8 Å². The molecule has 0 radical (unpaired) electrons. The van der Waals surface area contributed by atoms with Gasteiger partial charge in [0.1, 0.15) is 0 Å². The molecule has 0 saturated carbocycles. The van der Waals surface area contributed by atoms with Crippen LogP contribution in [-0.2, 0) is 28.5 Å². The number of alkyl carbamates (subject to hydrolysis) is 2. The molecule has 0 aromatic carbocycles. The summed E-state index contributed by atoms with van der Waals surface area (Å²) in [4.78, 5) is 44.5. The van der Waals surface area contributed by atoms with Gasteiger partial charge >= 0.3 is 24.1 Å². The highest BCUT2D eigenvalue weighted by molar-refractivity contribution is 5.85. The predicted molar refractivity (Wildman–Crippen MR) is 116 cm³/mol. The molecule has 1 atom stereocenters. The Hall–Kier alpha value is -3.44. The van der Waals surface area contributed by atoms with Gasteiger partial charge in [0.05, 0.1) is 23.7 Å². The number of ether oxygens (including phenoxy) is 4. The van der Waals surface area contributed by atoms with Gasteiger partial charge in [0, 0.05) is 13.1 Å². The van der Waals surface area contributed by atoms with E-state index in [9.17, 15) is 19.2 Å². The Morgan fingerprint density at radius 3 is 1.79 bits per heavy atom. The fourth-order valence-electron chi connectivity index (χ4n) is 2.55. The minimum Gasteiger partial charge on any atom is -0.478 e. The highest BCUT2D eigenvalue weighted by atomic mass is 16.7. The fourth-order valence-corrected chi connectivity index (χ4v) is 2.55. The van der Waals surface area contributed by atoms with Crippen molar-refractivity contribution in [2.45, 2.75) is 47.5 Å². The van der Waals surface area contributed by atoms with Gasteiger partial charge in [-0.25, -0.2) is 19.2 Å². The van der Waals surface area contributed by atoms with Crippen LogP contribution in [0.1, 0.15) is 47.5 Å². The lowest BCUT2D eigenvalue weighted by Crippen LogP contribution is -2.36. The molecule has 0 aliphatic carbocycles. The van der Waals surface area contributed by atoms with E-state index in [1.54, 1.807) is 0 Å². The molecular weight excluding hydrogens is 440 g/mol. The molecule has 0 aliphatic heterocycles. The first kappa shape index (κ1) is 29.6. The van der Waals surface area contributed by atoms with Crippen molar-refractivity contribution in [2.24, 2.45) is 11.3 Å². The van der Waals surface area contributed by atoms with E-state index in [1.807, 2.05) is 20.8 Å². The van der Waals surface area contributed by atoms with Crippen molar-refractivity contribution in [1.29, 1.82) is 0 Å². The summed E-state index contributed by atoms with van der Waals surface area (Å²) in [6, 6.07) is 0. The van der Waals surface area contributed by atoms with E-state index in [0.717, 1.165) is 18.9 Å². The van der Waals surface area contributed by atoms with E-state index in [0.29, 0.717) is 19.5 Å². The van der Waals surface area contributed by atoms with Gasteiger partial charge in [-0.15, -0.1) is 0 Å². The third-order valence-electron chi connectivity index (χ3n) is 4.23. The van der Waals surface area contributed by atoms with Crippen LogP contribution in [0.5, 0.6) is 0 Å². The van der Waals surface area contributed by atoms with E-state index in [-0.39, 0.29) is 22.5 Å². The Kier molecular flexibility index (Phi) is 13.8. The second kappa shape index (κ2) is 15.4. The maximum Gasteiger partial charge on any atom is 0.410 e. The van der Waals surface area contributed by atoms with Gasteiger partial charge in [0.25, 0.3) is 0 Å². The maximum atomic E-state index is 11.7. The van der Waals surface area contributed by atoms with Crippen LogP contribution in [-0.4, -0.2) is 61.0 Å². The first-order valence-electron chi connectivity index (χ1n) is 10.2. The molecule has 33 heavy (non-hydrogen) atoms. The Morgan fingerprint density at radius 1 is 0.879 bits per heavy atom. The predicted octanol–water partition coefficient (Wildman–Crippen LogP) is 2.81. The highest BCUT2D eigenvalue weighted by Gasteiger charge is 2.22. The van der Waals surface area contributed by atoms with Gasteiger partial charge in [-0.1, -0.05) is 20.8 Å². The Balaban J connectivity index is 4.05. The smallest absolute Gasteiger partial charge is 0.410 e. The Morgan fingerprint density at radius 2 is 1.33 bits per heavy atom. The largest absolute Gasteiger partial charge is 0.478 e. The standard InChI is InChI=1S/C21H34N2O10/c1-14(6-7-22-19(28)32-12-30-9-15(2)17(24)25)8-21(4,5)11-23-20(29)33-13-31-10-16(3)18(26)27/h9-10,14H,6-8,11-13H2,1-5H3,(H,22,28)(H,23,29)(H,24,25)(H,26,27). The van der Waals surface area contributed by atoms with E-state index in [4.69, 9.17) is 29.2 Å². The van der Waals surface area contributed by atoms with Gasteiger partial charge in [-0.05, 0) is 38.0 Å². The van der Waals surface area contributed by atoms with Crippen molar-refractivity contribution >= 4 is 24.1 Å². The van der Waals surface area contributed by atoms with Crippen LogP contribution in [0, 0.1) is 11.3 Å². The molecule has 1 unspecified atom stereocenters. The molecule has 0 fully saturated rings. The van der Waals surface area contributed by atoms with E-state index < -0.39 is 37.7 Å². The summed E-state index contributed by atoms with van der Waals surface area (Å²) >= 11 is 0. The summed E-state index contributed by atoms with van der Waals surface area (Å²) in [7, 11) is 0. The number of carboxylic acids is 2. The molecule has 0 aromatic heterocycles. The minimum absolute atomic E-state index is 0.0190. The fraction of sp³-hybridized carbons (Fsp3) is 0.619. The molecule has 0 bridgehead atoms. The molecule has 0 saturated heterocycles. The second-order valence-electron chi connectivity index (χ2n) is 8.19. The van der Waals surface area contributed by atoms with Crippen molar-refractivity contribution in [3.05, 3.63) is 23.7 Å². The maximum absolute atomic E-state index is 11.7. The number of carbonyl (C=O) groups excluding carboxylic acids is 2. The molecular formula is C21H34N2O10. The van der Waals surface area contributed by atoms with Crippen molar-refractivity contribution in [1.82, 2.24) is 10.6 Å². The molecule has 12 heteroatoms. The molecule has 0 aromatic rings. The van der Waals surface area contributed by atoms with Crippen LogP contribution in [0.15, 0.2) is 23.7 Å². The molecule has 4 N–H and O–H groups in total. The average Bonchev–Trinajstić information content (AvgIpc) is 2.71. The van der Waals surface area contributed by atoms with Gasteiger partial charge in [-0.2, -0.15) is 0 Å². The molecule has 0 aliphatic rings. The normalized spacial score (nSPS) is 12.9. The van der Waals surface area contributed by atoms with Crippen molar-refractivity contribution in [2.75, 3.05) is 26.7 Å². The summed E-state index contributed by atoms with van der Waals surface area (Å²) in [6.07, 6.45) is 2.05. The topological polar surface area (TPSA) is 170 Å². The summed E-state index contributed by atoms with van der Waals surface area (Å²) < 4.78 is 19.2. The lowest BCUT2D eigenvalue weighted by molar-refractivity contribution is -0.133. The SMILES string of the molecule is CC(=COCOC(=O)NCCC(C)CC(C)(C)CNC(=O)OCOC=C(C)C(=O)O)C(=O)O. The van der Waals surface area contributed by atoms with Crippen LogP contribution < -0.4 is 10.6 Å². The third-order valence-corrected chi connectivity index (χ3v) is 4.23. The number of rotatable bonds is 15. The van der Waals surface area contributed by atoms with Gasteiger partial charge in [0.2, 0.25) is 13.6 Å². The number of nitrogens with one attached hydrogen (secondary N) is 2. The van der Waals surface area contributed by atoms with E-state index in [2.05, 4.69) is 10.6 Å². The first-order valence-corrected chi connectivity index (χ1v) is 10.2. The molecule has 12 nitrogen and oxygen atoms in total. The van der Waals surface area contributed by atoms with Crippen LogP contribution >= 0.6 is 0 Å². The van der Waals surface area contributed by atoms with Crippen LogP contribution in [0.25, 0.3) is 0 Å². The molecule has 0 spiro atoms. The van der Waals surface area contributed by atoms with Crippen molar-refractivity contribution in [3.8, 4) is 0 Å². The zero-order valence-corrected chi connectivity index (χ0v) is 19.6. The van der Waals surface area contributed by atoms with Crippen LogP contribution in [0.3, 0.4) is 0 Å². The lowest BCUT2D eigenvalue weighted by atomic mass is 9.82. The number of hydrogen-bond acceptors (Lipinski definition) is 8. The third kappa shape index (κ3) is 15.9. The Bertz CT molecular complexity index is 731. The van der Waals surface area contributed by atoms with Crippen LogP contribution in [0.2, 0.25) is 0 Å². The van der Waals surface area contributed by atoms with E-state index in [1.165, 1.54) is 13.8 Å². The first-order chi connectivity index (χ1) is 15.3. The van der Waals surface area contributed by atoms with Gasteiger partial charge in [0.15, 0.2) is 0 Å². The zero-order chi connectivity index (χ0) is 25.4. The van der Waals surface area contributed by atoms with Crippen molar-refractivity contribution in [3.63, 3.8) is 0 Å². The average molecular weight is 475 g/mol. The quantitative estimate of drug-likeness (QED) is 0.120. The van der Waals surface area contributed by atoms with Gasteiger partial charge in [-0.3, -0.25) is 0 Å². The molecule has 0 heterocycles. The number of carboxylic acid groups (broad SMARTS) is 2. The number of aliphatic carboxylic acids is 2. The number of hydrogen-bond donors (Lipinski definition) is 4.